The second kappa shape index (κ2) is 7.20. The van der Waals surface area contributed by atoms with E-state index in [4.69, 9.17) is 10.00 Å². The molecule has 5 nitrogen and oxygen atoms in total. The van der Waals surface area contributed by atoms with E-state index < -0.39 is 0 Å². The van der Waals surface area contributed by atoms with Gasteiger partial charge in [-0.3, -0.25) is 0 Å². The highest BCUT2D eigenvalue weighted by atomic mass is 16.5. The maximum absolute atomic E-state index is 8.83. The Balaban J connectivity index is 2.14. The van der Waals surface area contributed by atoms with Crippen LogP contribution in [0.15, 0.2) is 6.07 Å². The molecule has 1 aromatic rings. The number of aryl methyl sites for hydroxylation is 1. The average molecular weight is 274 g/mol. The Kier molecular flexibility index (Phi) is 5.31. The number of anilines is 1. The van der Waals surface area contributed by atoms with Gasteiger partial charge in [-0.2, -0.15) is 5.26 Å². The predicted octanol–water partition coefficient (Wildman–Crippen LogP) is 2.45. The Labute approximate surface area is 120 Å². The third-order valence-electron chi connectivity index (χ3n) is 3.68. The zero-order chi connectivity index (χ0) is 14.4. The van der Waals surface area contributed by atoms with Crippen molar-refractivity contribution in [2.75, 3.05) is 25.1 Å². The first-order chi connectivity index (χ1) is 9.72. The Morgan fingerprint density at radius 1 is 1.45 bits per heavy atom. The van der Waals surface area contributed by atoms with Crippen LogP contribution in [0.3, 0.4) is 0 Å². The number of ether oxygens (including phenoxy) is 1. The molecule has 108 valence electrons. The van der Waals surface area contributed by atoms with Gasteiger partial charge in [-0.15, -0.1) is 0 Å². The monoisotopic (exact) mass is 274 g/mol. The lowest BCUT2D eigenvalue weighted by molar-refractivity contribution is 0.177. The van der Waals surface area contributed by atoms with Crippen molar-refractivity contribution in [1.82, 2.24) is 9.97 Å². The Bertz CT molecular complexity index is 479. The minimum atomic E-state index is 0.421. The summed E-state index contributed by atoms with van der Waals surface area (Å²) in [7, 11) is 1.65. The van der Waals surface area contributed by atoms with Crippen molar-refractivity contribution >= 4 is 5.82 Å². The zero-order valence-electron chi connectivity index (χ0n) is 12.3. The largest absolute Gasteiger partial charge is 0.377 e. The van der Waals surface area contributed by atoms with E-state index in [1.165, 1.54) is 19.3 Å². The lowest BCUT2D eigenvalue weighted by Crippen LogP contribution is -2.34. The lowest BCUT2D eigenvalue weighted by Gasteiger charge is -2.33. The van der Waals surface area contributed by atoms with E-state index in [2.05, 4.69) is 20.9 Å². The standard InChI is InChI=1S/C15H22N4O/c1-12-9-15(18-14(17-12)11-20-2)19(8-4-7-16)10-13-5-3-6-13/h9,13H,3-6,8,10-11H2,1-2H3. The number of methoxy groups -OCH3 is 1. The molecule has 5 heteroatoms. The van der Waals surface area contributed by atoms with E-state index in [-0.39, 0.29) is 0 Å². The summed E-state index contributed by atoms with van der Waals surface area (Å²) in [5, 5.41) is 8.83. The Hall–Kier alpha value is -1.67. The van der Waals surface area contributed by atoms with Crippen molar-refractivity contribution < 1.29 is 4.74 Å². The molecule has 0 spiro atoms. The van der Waals surface area contributed by atoms with E-state index in [1.807, 2.05) is 13.0 Å². The van der Waals surface area contributed by atoms with Gasteiger partial charge in [-0.25, -0.2) is 9.97 Å². The molecule has 0 aromatic carbocycles. The Morgan fingerprint density at radius 3 is 2.85 bits per heavy atom. The molecule has 0 radical (unpaired) electrons. The molecule has 1 aliphatic carbocycles. The van der Waals surface area contributed by atoms with Crippen molar-refractivity contribution in [2.24, 2.45) is 5.92 Å². The number of nitriles is 1. The molecule has 0 amide bonds. The fourth-order valence-corrected chi connectivity index (χ4v) is 2.44. The molecule has 0 N–H and O–H groups in total. The molecule has 0 bridgehead atoms. The molecule has 1 aliphatic rings. The summed E-state index contributed by atoms with van der Waals surface area (Å²) in [4.78, 5) is 11.2. The summed E-state index contributed by atoms with van der Waals surface area (Å²) < 4.78 is 5.12. The summed E-state index contributed by atoms with van der Waals surface area (Å²) in [6, 6.07) is 4.22. The van der Waals surface area contributed by atoms with Crippen LogP contribution in [0.25, 0.3) is 0 Å². The van der Waals surface area contributed by atoms with Crippen molar-refractivity contribution in [2.45, 2.75) is 39.2 Å². The summed E-state index contributed by atoms with van der Waals surface area (Å²) >= 11 is 0. The molecule has 1 heterocycles. The minimum Gasteiger partial charge on any atom is -0.377 e. The molecular formula is C15H22N4O. The van der Waals surface area contributed by atoms with Crippen LogP contribution < -0.4 is 4.90 Å². The molecular weight excluding hydrogens is 252 g/mol. The van der Waals surface area contributed by atoms with Gasteiger partial charge in [0.25, 0.3) is 0 Å². The lowest BCUT2D eigenvalue weighted by atomic mass is 9.85. The Morgan fingerprint density at radius 2 is 2.25 bits per heavy atom. The highest BCUT2D eigenvalue weighted by molar-refractivity contribution is 5.40. The quantitative estimate of drug-likeness (QED) is 0.764. The van der Waals surface area contributed by atoms with E-state index in [1.54, 1.807) is 7.11 Å². The van der Waals surface area contributed by atoms with E-state index in [0.717, 1.165) is 30.5 Å². The molecule has 1 saturated carbocycles. The van der Waals surface area contributed by atoms with Crippen LogP contribution in [0.1, 0.15) is 37.2 Å². The number of nitrogens with zero attached hydrogens (tertiary/aromatic N) is 4. The highest BCUT2D eigenvalue weighted by Gasteiger charge is 2.21. The molecule has 20 heavy (non-hydrogen) atoms. The smallest absolute Gasteiger partial charge is 0.156 e. The van der Waals surface area contributed by atoms with Crippen LogP contribution in [0.4, 0.5) is 5.82 Å². The van der Waals surface area contributed by atoms with E-state index >= 15 is 0 Å². The number of aromatic nitrogens is 2. The number of hydrogen-bond acceptors (Lipinski definition) is 5. The first-order valence-electron chi connectivity index (χ1n) is 7.18. The first kappa shape index (κ1) is 14.7. The van der Waals surface area contributed by atoms with Gasteiger partial charge in [-0.1, -0.05) is 6.42 Å². The topological polar surface area (TPSA) is 62.0 Å². The minimum absolute atomic E-state index is 0.421. The van der Waals surface area contributed by atoms with Gasteiger partial charge < -0.3 is 9.64 Å². The third kappa shape index (κ3) is 3.91. The predicted molar refractivity (Wildman–Crippen MR) is 77.3 cm³/mol. The molecule has 0 saturated heterocycles. The number of rotatable bonds is 7. The molecule has 2 rings (SSSR count). The van der Waals surface area contributed by atoms with Gasteiger partial charge >= 0.3 is 0 Å². The van der Waals surface area contributed by atoms with Crippen LogP contribution in [0.5, 0.6) is 0 Å². The molecule has 0 unspecified atom stereocenters. The van der Waals surface area contributed by atoms with Crippen molar-refractivity contribution in [3.8, 4) is 6.07 Å². The van der Waals surface area contributed by atoms with Crippen molar-refractivity contribution in [1.29, 1.82) is 5.26 Å². The van der Waals surface area contributed by atoms with Gasteiger partial charge in [-0.05, 0) is 25.7 Å². The van der Waals surface area contributed by atoms with Gasteiger partial charge in [0.15, 0.2) is 5.82 Å². The van der Waals surface area contributed by atoms with Gasteiger partial charge in [0.05, 0.1) is 12.5 Å². The summed E-state index contributed by atoms with van der Waals surface area (Å²) in [5.74, 6) is 2.37. The van der Waals surface area contributed by atoms with Crippen molar-refractivity contribution in [3.05, 3.63) is 17.6 Å². The fraction of sp³-hybridized carbons (Fsp3) is 0.667. The summed E-state index contributed by atoms with van der Waals surface area (Å²) in [5.41, 5.74) is 0.942. The van der Waals surface area contributed by atoms with Crippen LogP contribution >= 0.6 is 0 Å². The third-order valence-corrected chi connectivity index (χ3v) is 3.68. The second-order valence-electron chi connectivity index (χ2n) is 5.37. The van der Waals surface area contributed by atoms with E-state index in [9.17, 15) is 0 Å². The molecule has 0 atom stereocenters. The second-order valence-corrected chi connectivity index (χ2v) is 5.37. The normalized spacial score (nSPS) is 14.7. The van der Waals surface area contributed by atoms with Crippen LogP contribution in [0.2, 0.25) is 0 Å². The maximum atomic E-state index is 8.83. The first-order valence-corrected chi connectivity index (χ1v) is 7.18. The molecule has 0 aliphatic heterocycles. The van der Waals surface area contributed by atoms with E-state index in [0.29, 0.717) is 18.9 Å². The summed E-state index contributed by atoms with van der Waals surface area (Å²) in [6.45, 7) is 4.11. The van der Waals surface area contributed by atoms with Crippen LogP contribution in [0, 0.1) is 24.2 Å². The fourth-order valence-electron chi connectivity index (χ4n) is 2.44. The highest BCUT2D eigenvalue weighted by Crippen LogP contribution is 2.28. The molecule has 1 aromatic heterocycles. The zero-order valence-corrected chi connectivity index (χ0v) is 12.3. The van der Waals surface area contributed by atoms with Crippen LogP contribution in [-0.4, -0.2) is 30.2 Å². The maximum Gasteiger partial charge on any atom is 0.156 e. The average Bonchev–Trinajstić information content (AvgIpc) is 2.36. The van der Waals surface area contributed by atoms with Crippen molar-refractivity contribution in [3.63, 3.8) is 0 Å². The van der Waals surface area contributed by atoms with Gasteiger partial charge in [0, 0.05) is 32.0 Å². The van der Waals surface area contributed by atoms with Gasteiger partial charge in [0.1, 0.15) is 12.4 Å². The molecule has 1 fully saturated rings. The summed E-state index contributed by atoms with van der Waals surface area (Å²) in [6.07, 6.45) is 4.43. The van der Waals surface area contributed by atoms with Crippen LogP contribution in [-0.2, 0) is 11.3 Å². The SMILES string of the molecule is COCc1nc(C)cc(N(CCC#N)CC2CCC2)n1. The number of hydrogen-bond donors (Lipinski definition) is 0. The van der Waals surface area contributed by atoms with Gasteiger partial charge in [0.2, 0.25) is 0 Å².